The number of rotatable bonds is 1. The SMILES string of the molecule is C1=CCNC=C1.C=CC=C.CC. The van der Waals surface area contributed by atoms with Gasteiger partial charge in [0.15, 0.2) is 0 Å². The summed E-state index contributed by atoms with van der Waals surface area (Å²) in [5.74, 6) is 0. The molecule has 0 aliphatic carbocycles. The summed E-state index contributed by atoms with van der Waals surface area (Å²) in [5.41, 5.74) is 0. The molecule has 1 N–H and O–H groups in total. The summed E-state index contributed by atoms with van der Waals surface area (Å²) >= 11 is 0. The lowest BCUT2D eigenvalue weighted by Crippen LogP contribution is -2.05. The van der Waals surface area contributed by atoms with Gasteiger partial charge in [-0.2, -0.15) is 0 Å². The Balaban J connectivity index is 0. The Morgan fingerprint density at radius 2 is 1.75 bits per heavy atom. The highest BCUT2D eigenvalue weighted by molar-refractivity contribution is 5.06. The maximum atomic E-state index is 3.36. The summed E-state index contributed by atoms with van der Waals surface area (Å²) in [5, 5.41) is 3.02. The Morgan fingerprint density at radius 1 is 1.17 bits per heavy atom. The molecule has 0 bridgehead atoms. The van der Waals surface area contributed by atoms with Crippen LogP contribution in [0.4, 0.5) is 0 Å². The normalized spacial score (nSPS) is 10.8. The first-order valence-corrected chi connectivity index (χ1v) is 4.20. The Morgan fingerprint density at radius 3 is 1.83 bits per heavy atom. The summed E-state index contributed by atoms with van der Waals surface area (Å²) in [6.45, 7) is 11.7. The third kappa shape index (κ3) is 15.9. The zero-order chi connectivity index (χ0) is 9.66. The van der Waals surface area contributed by atoms with Crippen molar-refractivity contribution in [1.29, 1.82) is 0 Å². The molecule has 0 amide bonds. The van der Waals surface area contributed by atoms with Crippen molar-refractivity contribution in [3.05, 3.63) is 49.7 Å². The molecule has 0 atom stereocenters. The van der Waals surface area contributed by atoms with Crippen LogP contribution in [0.3, 0.4) is 0 Å². The van der Waals surface area contributed by atoms with Crippen molar-refractivity contribution in [3.63, 3.8) is 0 Å². The minimum Gasteiger partial charge on any atom is -0.387 e. The molecule has 1 heteroatoms. The number of dihydropyridines is 1. The Bertz CT molecular complexity index is 125. The van der Waals surface area contributed by atoms with Crippen LogP contribution in [-0.2, 0) is 0 Å². The van der Waals surface area contributed by atoms with Gasteiger partial charge in [-0.15, -0.1) is 0 Å². The first-order chi connectivity index (χ1) is 5.91. The maximum absolute atomic E-state index is 3.36. The molecule has 0 aromatic heterocycles. The van der Waals surface area contributed by atoms with Crippen LogP contribution in [0, 0.1) is 0 Å². The van der Waals surface area contributed by atoms with E-state index in [9.17, 15) is 0 Å². The van der Waals surface area contributed by atoms with E-state index in [1.807, 2.05) is 32.2 Å². The van der Waals surface area contributed by atoms with E-state index in [2.05, 4.69) is 24.6 Å². The number of hydrogen-bond acceptors (Lipinski definition) is 1. The highest BCUT2D eigenvalue weighted by atomic mass is 14.8. The van der Waals surface area contributed by atoms with E-state index in [1.54, 1.807) is 12.2 Å². The van der Waals surface area contributed by atoms with Gasteiger partial charge in [-0.05, 0) is 12.3 Å². The fraction of sp³-hybridized carbons (Fsp3) is 0.273. The zero-order valence-corrected chi connectivity index (χ0v) is 8.09. The van der Waals surface area contributed by atoms with Gasteiger partial charge in [0, 0.05) is 6.54 Å². The molecule has 1 nitrogen and oxygen atoms in total. The van der Waals surface area contributed by atoms with Gasteiger partial charge < -0.3 is 5.32 Å². The summed E-state index contributed by atoms with van der Waals surface area (Å²) in [6, 6.07) is 0. The molecular formula is C11H19N. The van der Waals surface area contributed by atoms with E-state index in [0.717, 1.165) is 6.54 Å². The number of allylic oxidation sites excluding steroid dienone is 4. The molecule has 1 aliphatic rings. The van der Waals surface area contributed by atoms with Crippen LogP contribution >= 0.6 is 0 Å². The average Bonchev–Trinajstić information content (AvgIpc) is 2.24. The average molecular weight is 165 g/mol. The standard InChI is InChI=1S/C5H7N.C4H6.C2H6/c1-2-4-6-5-3-1;1-3-4-2;1-2/h1-4,6H,5H2;3-4H,1-2H2;1-2H3. The van der Waals surface area contributed by atoms with Gasteiger partial charge in [0.05, 0.1) is 0 Å². The molecule has 0 aromatic carbocycles. The van der Waals surface area contributed by atoms with E-state index in [-0.39, 0.29) is 0 Å². The maximum Gasteiger partial charge on any atom is 0.0328 e. The molecule has 0 spiro atoms. The molecule has 1 aliphatic heterocycles. The first kappa shape index (κ1) is 13.4. The molecule has 0 unspecified atom stereocenters. The monoisotopic (exact) mass is 165 g/mol. The summed E-state index contributed by atoms with van der Waals surface area (Å²) < 4.78 is 0. The van der Waals surface area contributed by atoms with Crippen LogP contribution in [0.25, 0.3) is 0 Å². The topological polar surface area (TPSA) is 12.0 Å². The smallest absolute Gasteiger partial charge is 0.0328 e. The second-order valence-corrected chi connectivity index (χ2v) is 1.67. The Labute approximate surface area is 76.2 Å². The minimum absolute atomic E-state index is 0.983. The highest BCUT2D eigenvalue weighted by Crippen LogP contribution is 1.78. The van der Waals surface area contributed by atoms with E-state index in [1.165, 1.54) is 0 Å². The number of nitrogens with one attached hydrogen (secondary N) is 1. The van der Waals surface area contributed by atoms with Crippen molar-refractivity contribution in [3.8, 4) is 0 Å². The Kier molecular flexibility index (Phi) is 18.2. The van der Waals surface area contributed by atoms with E-state index in [0.29, 0.717) is 0 Å². The summed E-state index contributed by atoms with van der Waals surface area (Å²) in [4.78, 5) is 0. The van der Waals surface area contributed by atoms with Gasteiger partial charge in [0.1, 0.15) is 0 Å². The van der Waals surface area contributed by atoms with E-state index < -0.39 is 0 Å². The van der Waals surface area contributed by atoms with Crippen LogP contribution in [0.15, 0.2) is 49.7 Å². The van der Waals surface area contributed by atoms with Crippen molar-refractivity contribution in [1.82, 2.24) is 5.32 Å². The molecule has 1 heterocycles. The molecule has 0 radical (unpaired) electrons. The molecule has 0 fully saturated rings. The van der Waals surface area contributed by atoms with Gasteiger partial charge >= 0.3 is 0 Å². The third-order valence-corrected chi connectivity index (χ3v) is 0.864. The molecule has 1 rings (SSSR count). The van der Waals surface area contributed by atoms with Crippen molar-refractivity contribution >= 4 is 0 Å². The minimum atomic E-state index is 0.983. The fourth-order valence-electron chi connectivity index (χ4n) is 0.406. The molecule has 0 saturated heterocycles. The van der Waals surface area contributed by atoms with Gasteiger partial charge in [-0.25, -0.2) is 0 Å². The molecule has 68 valence electrons. The molecule has 12 heavy (non-hydrogen) atoms. The molecule has 0 aromatic rings. The quantitative estimate of drug-likeness (QED) is 0.589. The van der Waals surface area contributed by atoms with Crippen LogP contribution in [0.1, 0.15) is 13.8 Å². The van der Waals surface area contributed by atoms with Crippen molar-refractivity contribution in [2.45, 2.75) is 13.8 Å². The van der Waals surface area contributed by atoms with Crippen LogP contribution in [0.5, 0.6) is 0 Å². The van der Waals surface area contributed by atoms with Crippen molar-refractivity contribution in [2.75, 3.05) is 6.54 Å². The van der Waals surface area contributed by atoms with Gasteiger partial charge in [0.2, 0.25) is 0 Å². The van der Waals surface area contributed by atoms with E-state index in [4.69, 9.17) is 0 Å². The van der Waals surface area contributed by atoms with Crippen LogP contribution < -0.4 is 5.32 Å². The Hall–Kier alpha value is -1.24. The van der Waals surface area contributed by atoms with Gasteiger partial charge in [-0.1, -0.05) is 51.3 Å². The lowest BCUT2D eigenvalue weighted by Gasteiger charge is -1.94. The van der Waals surface area contributed by atoms with Crippen LogP contribution in [0.2, 0.25) is 0 Å². The van der Waals surface area contributed by atoms with Gasteiger partial charge in [-0.3, -0.25) is 0 Å². The van der Waals surface area contributed by atoms with Crippen molar-refractivity contribution in [2.24, 2.45) is 0 Å². The predicted molar refractivity (Wildman–Crippen MR) is 58.0 cm³/mol. The summed E-state index contributed by atoms with van der Waals surface area (Å²) in [6.07, 6.45) is 11.3. The predicted octanol–water partition coefficient (Wildman–Crippen LogP) is 3.04. The summed E-state index contributed by atoms with van der Waals surface area (Å²) in [7, 11) is 0. The fourth-order valence-corrected chi connectivity index (χ4v) is 0.406. The van der Waals surface area contributed by atoms with Crippen LogP contribution in [-0.4, -0.2) is 6.54 Å². The van der Waals surface area contributed by atoms with E-state index >= 15 is 0 Å². The zero-order valence-electron chi connectivity index (χ0n) is 8.09. The van der Waals surface area contributed by atoms with Crippen molar-refractivity contribution < 1.29 is 0 Å². The molecule has 0 saturated carbocycles. The third-order valence-electron chi connectivity index (χ3n) is 0.864. The number of hydrogen-bond donors (Lipinski definition) is 1. The molecular weight excluding hydrogens is 146 g/mol. The second kappa shape index (κ2) is 16.4. The highest BCUT2D eigenvalue weighted by Gasteiger charge is 1.73. The van der Waals surface area contributed by atoms with Gasteiger partial charge in [0.25, 0.3) is 0 Å². The second-order valence-electron chi connectivity index (χ2n) is 1.67. The lowest BCUT2D eigenvalue weighted by molar-refractivity contribution is 0.972. The largest absolute Gasteiger partial charge is 0.387 e. The first-order valence-electron chi connectivity index (χ1n) is 4.20. The lowest BCUT2D eigenvalue weighted by atomic mass is 10.4.